The molecule has 2 aromatic rings. The molecule has 110 valence electrons. The number of carbonyl (C=O) groups excluding carboxylic acids is 2. The molecule has 0 fully saturated rings. The molecule has 0 atom stereocenters. The molecule has 0 aliphatic heterocycles. The Morgan fingerprint density at radius 3 is 2.41 bits per heavy atom. The number of hydrogen-bond acceptors (Lipinski definition) is 3. The lowest BCUT2D eigenvalue weighted by atomic mass is 10.2. The Balaban J connectivity index is 2.11. The molecule has 0 heterocycles. The Kier molecular flexibility index (Phi) is 5.28. The minimum atomic E-state index is -0.392. The molecule has 0 aromatic heterocycles. The number of nitriles is 1. The van der Waals surface area contributed by atoms with Crippen LogP contribution in [-0.2, 0) is 4.79 Å². The molecule has 22 heavy (non-hydrogen) atoms. The van der Waals surface area contributed by atoms with Gasteiger partial charge in [0.05, 0.1) is 11.6 Å². The van der Waals surface area contributed by atoms with Gasteiger partial charge in [0.1, 0.15) is 6.42 Å². The fourth-order valence-electron chi connectivity index (χ4n) is 1.80. The molecule has 0 aliphatic carbocycles. The molecule has 2 rings (SSSR count). The van der Waals surface area contributed by atoms with E-state index < -0.39 is 5.91 Å². The van der Waals surface area contributed by atoms with Gasteiger partial charge < -0.3 is 10.6 Å². The van der Waals surface area contributed by atoms with Gasteiger partial charge in [-0.25, -0.2) is 0 Å². The van der Waals surface area contributed by atoms with Crippen molar-refractivity contribution in [2.24, 2.45) is 0 Å². The second-order valence-electron chi connectivity index (χ2n) is 4.40. The average molecular weight is 358 g/mol. The van der Waals surface area contributed by atoms with Gasteiger partial charge in [-0.3, -0.25) is 9.59 Å². The van der Waals surface area contributed by atoms with E-state index in [4.69, 9.17) is 5.26 Å². The second-order valence-corrected chi connectivity index (χ2v) is 5.25. The molecule has 5 nitrogen and oxygen atoms in total. The number of amides is 2. The summed E-state index contributed by atoms with van der Waals surface area (Å²) in [5.74, 6) is -0.648. The summed E-state index contributed by atoms with van der Waals surface area (Å²) < 4.78 is 0.700. The lowest BCUT2D eigenvalue weighted by Gasteiger charge is -2.09. The van der Waals surface area contributed by atoms with E-state index in [9.17, 15) is 9.59 Å². The summed E-state index contributed by atoms with van der Waals surface area (Å²) in [6.07, 6.45) is -0.215. The predicted octanol–water partition coefficient (Wildman–Crippen LogP) is 3.55. The van der Waals surface area contributed by atoms with Crippen molar-refractivity contribution in [3.05, 3.63) is 58.6 Å². The van der Waals surface area contributed by atoms with Gasteiger partial charge in [0.25, 0.3) is 5.91 Å². The maximum Gasteiger partial charge on any atom is 0.256 e. The zero-order chi connectivity index (χ0) is 15.9. The number of nitrogens with one attached hydrogen (secondary N) is 2. The van der Waals surface area contributed by atoms with E-state index in [2.05, 4.69) is 26.6 Å². The topological polar surface area (TPSA) is 82.0 Å². The maximum atomic E-state index is 12.2. The van der Waals surface area contributed by atoms with Crippen molar-refractivity contribution in [2.45, 2.75) is 6.42 Å². The lowest BCUT2D eigenvalue weighted by Crippen LogP contribution is -2.13. The Morgan fingerprint density at radius 2 is 1.73 bits per heavy atom. The van der Waals surface area contributed by atoms with Crippen molar-refractivity contribution in [1.82, 2.24) is 0 Å². The molecular formula is C16H12BrN3O2. The van der Waals surface area contributed by atoms with Crippen LogP contribution in [0.2, 0.25) is 0 Å². The predicted molar refractivity (Wildman–Crippen MR) is 87.4 cm³/mol. The number of carbonyl (C=O) groups is 2. The fraction of sp³-hybridized carbons (Fsp3) is 0.0625. The largest absolute Gasteiger partial charge is 0.325 e. The van der Waals surface area contributed by atoms with Crippen LogP contribution in [0.1, 0.15) is 16.8 Å². The van der Waals surface area contributed by atoms with Crippen LogP contribution in [0.15, 0.2) is 53.0 Å². The molecule has 0 saturated carbocycles. The van der Waals surface area contributed by atoms with Gasteiger partial charge in [0.15, 0.2) is 0 Å². The maximum absolute atomic E-state index is 12.2. The van der Waals surface area contributed by atoms with Crippen LogP contribution in [0.25, 0.3) is 0 Å². The molecule has 0 bridgehead atoms. The highest BCUT2D eigenvalue weighted by atomic mass is 79.9. The Hall–Kier alpha value is -2.65. The summed E-state index contributed by atoms with van der Waals surface area (Å²) in [4.78, 5) is 23.6. The minimum Gasteiger partial charge on any atom is -0.325 e. The van der Waals surface area contributed by atoms with E-state index in [1.54, 1.807) is 48.5 Å². The van der Waals surface area contributed by atoms with Crippen LogP contribution in [-0.4, -0.2) is 11.8 Å². The van der Waals surface area contributed by atoms with Gasteiger partial charge in [0, 0.05) is 15.8 Å². The number of nitrogens with zero attached hydrogens (tertiary/aromatic N) is 1. The molecule has 0 spiro atoms. The van der Waals surface area contributed by atoms with Crippen molar-refractivity contribution in [2.75, 3.05) is 10.6 Å². The summed E-state index contributed by atoms with van der Waals surface area (Å²) >= 11 is 3.33. The monoisotopic (exact) mass is 357 g/mol. The van der Waals surface area contributed by atoms with Gasteiger partial charge >= 0.3 is 0 Å². The summed E-state index contributed by atoms with van der Waals surface area (Å²) in [6, 6.07) is 15.6. The highest BCUT2D eigenvalue weighted by Gasteiger charge is 2.10. The minimum absolute atomic E-state index is 0.215. The van der Waals surface area contributed by atoms with Gasteiger partial charge in [-0.15, -0.1) is 0 Å². The van der Waals surface area contributed by atoms with Crippen LogP contribution in [0.3, 0.4) is 0 Å². The number of hydrogen-bond donors (Lipinski definition) is 2. The highest BCUT2D eigenvalue weighted by molar-refractivity contribution is 9.10. The van der Waals surface area contributed by atoms with E-state index in [1.807, 2.05) is 6.07 Å². The number of halogens is 1. The summed E-state index contributed by atoms with van der Waals surface area (Å²) in [5, 5.41) is 13.8. The van der Waals surface area contributed by atoms with E-state index >= 15 is 0 Å². The number of anilines is 2. The molecule has 0 aliphatic rings. The quantitative estimate of drug-likeness (QED) is 0.877. The van der Waals surface area contributed by atoms with Crippen molar-refractivity contribution in [3.8, 4) is 6.07 Å². The van der Waals surface area contributed by atoms with Crippen LogP contribution >= 0.6 is 15.9 Å². The number of rotatable bonds is 4. The first-order valence-electron chi connectivity index (χ1n) is 6.43. The summed E-state index contributed by atoms with van der Waals surface area (Å²) in [7, 11) is 0. The van der Waals surface area contributed by atoms with Crippen LogP contribution in [0.5, 0.6) is 0 Å². The van der Waals surface area contributed by atoms with Crippen molar-refractivity contribution in [3.63, 3.8) is 0 Å². The number of benzene rings is 2. The van der Waals surface area contributed by atoms with Gasteiger partial charge in [-0.2, -0.15) is 5.26 Å². The molecule has 2 aromatic carbocycles. The molecule has 0 unspecified atom stereocenters. The van der Waals surface area contributed by atoms with Gasteiger partial charge in [-0.05, 0) is 46.3 Å². The third-order valence-electron chi connectivity index (χ3n) is 2.76. The second kappa shape index (κ2) is 7.38. The first-order chi connectivity index (χ1) is 10.6. The molecule has 6 heteroatoms. The first kappa shape index (κ1) is 15.7. The lowest BCUT2D eigenvalue weighted by molar-refractivity contribution is -0.115. The fourth-order valence-corrected chi connectivity index (χ4v) is 2.26. The summed E-state index contributed by atoms with van der Waals surface area (Å²) in [5.41, 5.74) is 1.59. The van der Waals surface area contributed by atoms with E-state index in [1.165, 1.54) is 0 Å². The van der Waals surface area contributed by atoms with E-state index in [0.29, 0.717) is 21.4 Å². The molecular weight excluding hydrogens is 346 g/mol. The molecule has 0 radical (unpaired) electrons. The van der Waals surface area contributed by atoms with E-state index in [-0.39, 0.29) is 12.3 Å². The van der Waals surface area contributed by atoms with Gasteiger partial charge in [0.2, 0.25) is 5.91 Å². The van der Waals surface area contributed by atoms with Crippen LogP contribution < -0.4 is 10.6 Å². The highest BCUT2D eigenvalue weighted by Crippen LogP contribution is 2.20. The zero-order valence-electron chi connectivity index (χ0n) is 11.5. The van der Waals surface area contributed by atoms with Gasteiger partial charge in [-0.1, -0.05) is 18.2 Å². The summed E-state index contributed by atoms with van der Waals surface area (Å²) in [6.45, 7) is 0. The normalized spacial score (nSPS) is 9.64. The third kappa shape index (κ3) is 4.17. The standard InChI is InChI=1S/C16H12BrN3O2/c17-14-7-2-1-6-13(14)16(22)20-12-5-3-4-11(10-12)19-15(21)8-9-18/h1-7,10H,8H2,(H,19,21)(H,20,22). The van der Waals surface area contributed by atoms with Crippen molar-refractivity contribution in [1.29, 1.82) is 5.26 Å². The Bertz CT molecular complexity index is 753. The first-order valence-corrected chi connectivity index (χ1v) is 7.22. The third-order valence-corrected chi connectivity index (χ3v) is 3.45. The Labute approximate surface area is 136 Å². The van der Waals surface area contributed by atoms with Crippen molar-refractivity contribution >= 4 is 39.1 Å². The van der Waals surface area contributed by atoms with Crippen LogP contribution in [0.4, 0.5) is 11.4 Å². The zero-order valence-corrected chi connectivity index (χ0v) is 13.1. The molecule has 2 amide bonds. The van der Waals surface area contributed by atoms with Crippen molar-refractivity contribution < 1.29 is 9.59 Å². The molecule has 2 N–H and O–H groups in total. The molecule has 0 saturated heterocycles. The smallest absolute Gasteiger partial charge is 0.256 e. The van der Waals surface area contributed by atoms with E-state index in [0.717, 1.165) is 0 Å². The Morgan fingerprint density at radius 1 is 1.05 bits per heavy atom. The van der Waals surface area contributed by atoms with Crippen LogP contribution in [0, 0.1) is 11.3 Å². The SMILES string of the molecule is N#CCC(=O)Nc1cccc(NC(=O)c2ccccc2Br)c1. The average Bonchev–Trinajstić information content (AvgIpc) is 2.48.